The molecule has 0 unspecified atom stereocenters. The number of alkyl halides is 3. The van der Waals surface area contributed by atoms with Crippen molar-refractivity contribution in [1.82, 2.24) is 24.3 Å². The molecule has 4 rings (SSSR count). The van der Waals surface area contributed by atoms with E-state index in [0.717, 1.165) is 15.7 Å². The summed E-state index contributed by atoms with van der Waals surface area (Å²) in [5.74, 6) is -0.361. The maximum atomic E-state index is 13.2. The van der Waals surface area contributed by atoms with Crippen molar-refractivity contribution in [3.8, 4) is 22.8 Å². The summed E-state index contributed by atoms with van der Waals surface area (Å²) < 4.78 is 42.6. The molecule has 2 aromatic carbocycles. The van der Waals surface area contributed by atoms with E-state index >= 15 is 0 Å². The van der Waals surface area contributed by atoms with Crippen molar-refractivity contribution in [2.45, 2.75) is 32.9 Å². The van der Waals surface area contributed by atoms with Crippen LogP contribution >= 0.6 is 12.2 Å². The highest BCUT2D eigenvalue weighted by molar-refractivity contribution is 7.71. The number of phenolic OH excluding ortho intramolecular Hbond substituents is 1. The minimum Gasteiger partial charge on any atom is -0.507 e. The SMILES string of the molecule is Cc1cc(O)c(-c2n[nH]c(=S)n2-c2ccc3c(c2)nc(C(F)(F)F)n3C)cc1C(C)C. The Morgan fingerprint density at radius 2 is 1.87 bits per heavy atom. The maximum absolute atomic E-state index is 13.2. The number of halogens is 3. The zero-order valence-corrected chi connectivity index (χ0v) is 18.1. The molecule has 2 aromatic heterocycles. The number of benzene rings is 2. The molecule has 162 valence electrons. The lowest BCUT2D eigenvalue weighted by Gasteiger charge is -2.14. The molecule has 10 heteroatoms. The van der Waals surface area contributed by atoms with Crippen LogP contribution in [-0.4, -0.2) is 29.4 Å². The number of aromatic hydroxyl groups is 1. The van der Waals surface area contributed by atoms with Gasteiger partial charge in [-0.1, -0.05) is 13.8 Å². The van der Waals surface area contributed by atoms with E-state index in [4.69, 9.17) is 12.2 Å². The average molecular weight is 447 g/mol. The summed E-state index contributed by atoms with van der Waals surface area (Å²) in [6.07, 6.45) is -4.56. The maximum Gasteiger partial charge on any atom is 0.449 e. The van der Waals surface area contributed by atoms with Gasteiger partial charge in [-0.2, -0.15) is 18.3 Å². The quantitative estimate of drug-likeness (QED) is 0.399. The van der Waals surface area contributed by atoms with Crippen molar-refractivity contribution in [3.05, 3.63) is 52.1 Å². The van der Waals surface area contributed by atoms with Crippen LogP contribution in [-0.2, 0) is 13.2 Å². The largest absolute Gasteiger partial charge is 0.507 e. The number of aromatic nitrogens is 5. The van der Waals surface area contributed by atoms with Gasteiger partial charge in [-0.3, -0.25) is 9.67 Å². The first-order chi connectivity index (χ1) is 14.5. The molecular formula is C21H20F3N5OS. The number of nitrogens with zero attached hydrogens (tertiary/aromatic N) is 4. The summed E-state index contributed by atoms with van der Waals surface area (Å²) in [7, 11) is 1.32. The lowest BCUT2D eigenvalue weighted by molar-refractivity contribution is -0.146. The van der Waals surface area contributed by atoms with Crippen LogP contribution in [0, 0.1) is 11.7 Å². The van der Waals surface area contributed by atoms with Gasteiger partial charge in [0.05, 0.1) is 22.3 Å². The molecule has 6 nitrogen and oxygen atoms in total. The van der Waals surface area contributed by atoms with Gasteiger partial charge in [-0.25, -0.2) is 4.98 Å². The second-order valence-electron chi connectivity index (χ2n) is 7.73. The number of phenols is 1. The number of aromatic amines is 1. The predicted octanol–water partition coefficient (Wildman–Crippen LogP) is 5.64. The van der Waals surface area contributed by atoms with E-state index in [1.165, 1.54) is 13.1 Å². The smallest absolute Gasteiger partial charge is 0.449 e. The van der Waals surface area contributed by atoms with Gasteiger partial charge in [-0.05, 0) is 66.5 Å². The molecule has 0 aliphatic heterocycles. The van der Waals surface area contributed by atoms with Crippen LogP contribution in [0.1, 0.15) is 36.7 Å². The molecule has 4 aromatic rings. The first-order valence-corrected chi connectivity index (χ1v) is 9.95. The van der Waals surface area contributed by atoms with Crippen LogP contribution < -0.4 is 0 Å². The molecule has 0 atom stereocenters. The fourth-order valence-electron chi connectivity index (χ4n) is 3.81. The fourth-order valence-corrected chi connectivity index (χ4v) is 4.05. The fraction of sp³-hybridized carbons (Fsp3) is 0.286. The van der Waals surface area contributed by atoms with Crippen LogP contribution in [0.25, 0.3) is 28.1 Å². The highest BCUT2D eigenvalue weighted by Crippen LogP contribution is 2.36. The van der Waals surface area contributed by atoms with E-state index < -0.39 is 12.0 Å². The Morgan fingerprint density at radius 1 is 1.16 bits per heavy atom. The van der Waals surface area contributed by atoms with E-state index in [-0.39, 0.29) is 22.0 Å². The van der Waals surface area contributed by atoms with Crippen molar-refractivity contribution in [3.63, 3.8) is 0 Å². The van der Waals surface area contributed by atoms with Crippen molar-refractivity contribution < 1.29 is 18.3 Å². The Hall–Kier alpha value is -3.14. The number of hydrogen-bond donors (Lipinski definition) is 2. The molecule has 31 heavy (non-hydrogen) atoms. The Labute approximate surface area is 181 Å². The van der Waals surface area contributed by atoms with Crippen LogP contribution in [0.5, 0.6) is 5.75 Å². The van der Waals surface area contributed by atoms with Gasteiger partial charge in [0.2, 0.25) is 5.82 Å². The lowest BCUT2D eigenvalue weighted by Crippen LogP contribution is -2.12. The summed E-state index contributed by atoms with van der Waals surface area (Å²) in [6, 6.07) is 8.25. The van der Waals surface area contributed by atoms with Crippen molar-refractivity contribution in [2.24, 2.45) is 7.05 Å². The normalized spacial score (nSPS) is 12.3. The zero-order chi connectivity index (χ0) is 22.7. The summed E-state index contributed by atoms with van der Waals surface area (Å²) in [4.78, 5) is 3.76. The molecule has 0 aliphatic carbocycles. The first kappa shape index (κ1) is 21.1. The number of rotatable bonds is 3. The van der Waals surface area contributed by atoms with E-state index in [9.17, 15) is 18.3 Å². The summed E-state index contributed by atoms with van der Waals surface area (Å²) in [5, 5.41) is 17.6. The molecule has 0 spiro atoms. The second-order valence-corrected chi connectivity index (χ2v) is 8.12. The number of fused-ring (bicyclic) bond motifs is 1. The monoisotopic (exact) mass is 447 g/mol. The predicted molar refractivity (Wildman–Crippen MR) is 114 cm³/mol. The Bertz CT molecular complexity index is 1360. The molecule has 0 saturated heterocycles. The van der Waals surface area contributed by atoms with Gasteiger partial charge in [-0.15, -0.1) is 0 Å². The summed E-state index contributed by atoms with van der Waals surface area (Å²) in [5.41, 5.74) is 3.47. The Balaban J connectivity index is 1.92. The number of aryl methyl sites for hydroxylation is 2. The van der Waals surface area contributed by atoms with Gasteiger partial charge in [0.15, 0.2) is 10.6 Å². The minimum atomic E-state index is -4.56. The molecule has 0 fully saturated rings. The van der Waals surface area contributed by atoms with Crippen molar-refractivity contribution >= 4 is 23.3 Å². The Kier molecular flexibility index (Phi) is 4.92. The third kappa shape index (κ3) is 3.50. The summed E-state index contributed by atoms with van der Waals surface area (Å²) >= 11 is 5.38. The average Bonchev–Trinajstić information content (AvgIpc) is 3.21. The molecule has 0 saturated carbocycles. The van der Waals surface area contributed by atoms with Crippen LogP contribution in [0.4, 0.5) is 13.2 Å². The molecule has 0 radical (unpaired) electrons. The van der Waals surface area contributed by atoms with Crippen LogP contribution in [0.15, 0.2) is 30.3 Å². The minimum absolute atomic E-state index is 0.0374. The van der Waals surface area contributed by atoms with Crippen LogP contribution in [0.2, 0.25) is 0 Å². The van der Waals surface area contributed by atoms with E-state index in [1.54, 1.807) is 22.8 Å². The molecule has 0 aliphatic rings. The third-order valence-corrected chi connectivity index (χ3v) is 5.57. The van der Waals surface area contributed by atoms with Crippen molar-refractivity contribution in [1.29, 1.82) is 0 Å². The topological polar surface area (TPSA) is 71.7 Å². The van der Waals surface area contributed by atoms with Crippen molar-refractivity contribution in [2.75, 3.05) is 0 Å². The Morgan fingerprint density at radius 3 is 2.52 bits per heavy atom. The van der Waals surface area contributed by atoms with Gasteiger partial charge >= 0.3 is 6.18 Å². The van der Waals surface area contributed by atoms with Crippen LogP contribution in [0.3, 0.4) is 0 Å². The molecule has 0 amide bonds. The highest BCUT2D eigenvalue weighted by Gasteiger charge is 2.36. The highest BCUT2D eigenvalue weighted by atomic mass is 32.1. The van der Waals surface area contributed by atoms with Gasteiger partial charge in [0, 0.05) is 7.05 Å². The van der Waals surface area contributed by atoms with E-state index in [2.05, 4.69) is 15.2 Å². The lowest BCUT2D eigenvalue weighted by atomic mass is 9.95. The van der Waals surface area contributed by atoms with E-state index in [0.29, 0.717) is 22.6 Å². The molecule has 0 bridgehead atoms. The molecule has 2 N–H and O–H groups in total. The number of H-pyrrole nitrogens is 1. The number of hydrogen-bond acceptors (Lipinski definition) is 4. The molecule has 2 heterocycles. The van der Waals surface area contributed by atoms with Gasteiger partial charge < -0.3 is 9.67 Å². The summed E-state index contributed by atoms with van der Waals surface area (Å²) in [6.45, 7) is 6.02. The van der Waals surface area contributed by atoms with E-state index in [1.807, 2.05) is 26.8 Å². The number of nitrogens with one attached hydrogen (secondary N) is 1. The number of imidazole rings is 1. The standard InChI is InChI=1S/C21H20F3N5OS/c1-10(2)13-9-14(17(30)7-11(13)3)18-26-27-20(31)29(18)12-5-6-16-15(8-12)25-19(28(16)4)21(22,23)24/h5-10,30H,1-4H3,(H,27,31). The molecular weight excluding hydrogens is 427 g/mol. The first-order valence-electron chi connectivity index (χ1n) is 9.54. The third-order valence-electron chi connectivity index (χ3n) is 5.30. The van der Waals surface area contributed by atoms with Gasteiger partial charge in [0.25, 0.3) is 0 Å². The zero-order valence-electron chi connectivity index (χ0n) is 17.2. The van der Waals surface area contributed by atoms with Gasteiger partial charge in [0.1, 0.15) is 5.75 Å². The second kappa shape index (κ2) is 7.23.